The summed E-state index contributed by atoms with van der Waals surface area (Å²) in [5.74, 6) is 0.170. The van der Waals surface area contributed by atoms with Gasteiger partial charge in [-0.1, -0.05) is 24.3 Å². The summed E-state index contributed by atoms with van der Waals surface area (Å²) >= 11 is 0. The van der Waals surface area contributed by atoms with Crippen LogP contribution in [-0.2, 0) is 6.54 Å². The van der Waals surface area contributed by atoms with Crippen LogP contribution >= 0.6 is 0 Å². The van der Waals surface area contributed by atoms with Gasteiger partial charge in [-0.05, 0) is 36.6 Å². The van der Waals surface area contributed by atoms with Crippen LogP contribution in [-0.4, -0.2) is 66.1 Å². The molecule has 7 nitrogen and oxygen atoms in total. The Morgan fingerprint density at radius 1 is 1.03 bits per heavy atom. The van der Waals surface area contributed by atoms with Crippen LogP contribution in [0.2, 0.25) is 0 Å². The summed E-state index contributed by atoms with van der Waals surface area (Å²) in [7, 11) is 0. The maximum absolute atomic E-state index is 15.1. The van der Waals surface area contributed by atoms with E-state index in [0.717, 1.165) is 64.5 Å². The smallest absolute Gasteiger partial charge is 0.254 e. The third-order valence-electron chi connectivity index (χ3n) is 6.79. The fraction of sp³-hybridized carbons (Fsp3) is 0.370. The molecule has 0 bridgehead atoms. The Morgan fingerprint density at radius 2 is 1.86 bits per heavy atom. The third kappa shape index (κ3) is 5.66. The molecule has 0 atom stereocenters. The number of benzene rings is 1. The molecule has 2 fully saturated rings. The summed E-state index contributed by atoms with van der Waals surface area (Å²) in [4.78, 5) is 26.3. The fourth-order valence-corrected chi connectivity index (χ4v) is 4.80. The summed E-state index contributed by atoms with van der Waals surface area (Å²) in [6, 6.07) is 12.8. The Balaban J connectivity index is 1.13. The van der Waals surface area contributed by atoms with Gasteiger partial charge in [0.15, 0.2) is 0 Å². The van der Waals surface area contributed by atoms with Crippen molar-refractivity contribution >= 4 is 11.7 Å². The molecule has 3 aromatic rings. The molecule has 2 aliphatic heterocycles. The number of pyridine rings is 2. The number of nitrogens with one attached hydrogen (secondary N) is 2. The molecule has 8 heteroatoms. The minimum atomic E-state index is -0.507. The van der Waals surface area contributed by atoms with Gasteiger partial charge in [-0.25, -0.2) is 9.37 Å². The summed E-state index contributed by atoms with van der Waals surface area (Å²) in [5.41, 5.74) is 2.31. The van der Waals surface area contributed by atoms with Crippen molar-refractivity contribution in [2.75, 3.05) is 44.2 Å². The van der Waals surface area contributed by atoms with Crippen LogP contribution in [0.5, 0.6) is 0 Å². The van der Waals surface area contributed by atoms with Crippen molar-refractivity contribution in [3.63, 3.8) is 0 Å². The second-order valence-electron chi connectivity index (χ2n) is 9.19. The average Bonchev–Trinajstić information content (AvgIpc) is 2.91. The fourth-order valence-electron chi connectivity index (χ4n) is 4.80. The molecule has 0 spiro atoms. The number of carbonyl (C=O) groups is 1. The molecule has 2 aliphatic rings. The molecule has 0 unspecified atom stereocenters. The maximum Gasteiger partial charge on any atom is 0.254 e. The van der Waals surface area contributed by atoms with Gasteiger partial charge < -0.3 is 15.5 Å². The first-order valence-electron chi connectivity index (χ1n) is 12.3. The van der Waals surface area contributed by atoms with Crippen molar-refractivity contribution < 1.29 is 9.18 Å². The molecule has 35 heavy (non-hydrogen) atoms. The van der Waals surface area contributed by atoms with Crippen LogP contribution in [0.3, 0.4) is 0 Å². The quantitative estimate of drug-likeness (QED) is 0.572. The molecule has 182 valence electrons. The van der Waals surface area contributed by atoms with Gasteiger partial charge >= 0.3 is 0 Å². The van der Waals surface area contributed by atoms with E-state index in [0.29, 0.717) is 11.1 Å². The van der Waals surface area contributed by atoms with Gasteiger partial charge in [-0.3, -0.25) is 14.7 Å². The van der Waals surface area contributed by atoms with E-state index in [-0.39, 0.29) is 17.5 Å². The first-order chi connectivity index (χ1) is 17.2. The van der Waals surface area contributed by atoms with Gasteiger partial charge in [0.25, 0.3) is 5.91 Å². The number of carbonyl (C=O) groups excluding carboxylic acids is 1. The summed E-state index contributed by atoms with van der Waals surface area (Å²) in [6.07, 6.45) is 6.89. The van der Waals surface area contributed by atoms with E-state index in [9.17, 15) is 4.79 Å². The van der Waals surface area contributed by atoms with Crippen molar-refractivity contribution in [1.29, 1.82) is 0 Å². The predicted molar refractivity (Wildman–Crippen MR) is 135 cm³/mol. The monoisotopic (exact) mass is 474 g/mol. The number of halogens is 1. The molecular weight excluding hydrogens is 443 g/mol. The molecule has 2 aromatic heterocycles. The lowest BCUT2D eigenvalue weighted by Crippen LogP contribution is -2.44. The number of aromatic nitrogens is 2. The SMILES string of the molecule is O=C(NC1CCN(Cc2ccc(N3CCNCC3)nc2)CC1)c1cccc(-c2cccnc2)c1F. The summed E-state index contributed by atoms with van der Waals surface area (Å²) < 4.78 is 15.1. The number of nitrogens with zero attached hydrogens (tertiary/aromatic N) is 4. The second-order valence-corrected chi connectivity index (χ2v) is 9.19. The Hall–Kier alpha value is -3.36. The van der Waals surface area contributed by atoms with Crippen molar-refractivity contribution in [3.8, 4) is 11.1 Å². The molecule has 4 heterocycles. The topological polar surface area (TPSA) is 73.4 Å². The predicted octanol–water partition coefficient (Wildman–Crippen LogP) is 3.09. The second kappa shape index (κ2) is 10.9. The molecule has 0 radical (unpaired) electrons. The number of amides is 1. The minimum absolute atomic E-state index is 0.0356. The van der Waals surface area contributed by atoms with E-state index >= 15 is 4.39 Å². The Bertz CT molecular complexity index is 1130. The largest absolute Gasteiger partial charge is 0.354 e. The maximum atomic E-state index is 15.1. The molecule has 5 rings (SSSR count). The number of piperazine rings is 1. The van der Waals surface area contributed by atoms with Crippen LogP contribution in [0.25, 0.3) is 11.1 Å². The zero-order valence-corrected chi connectivity index (χ0v) is 19.8. The van der Waals surface area contributed by atoms with Gasteiger partial charge in [0.1, 0.15) is 11.6 Å². The number of anilines is 1. The average molecular weight is 475 g/mol. The highest BCUT2D eigenvalue weighted by Gasteiger charge is 2.23. The van der Waals surface area contributed by atoms with Gasteiger partial charge in [-0.15, -0.1) is 0 Å². The van der Waals surface area contributed by atoms with Crippen molar-refractivity contribution in [2.24, 2.45) is 0 Å². The standard InChI is InChI=1S/C27H31FN6O/c28-26-23(21-3-2-10-30-18-21)4-1-5-24(26)27(35)32-22-8-13-33(14-9-22)19-20-6-7-25(31-17-20)34-15-11-29-12-16-34/h1-7,10,17-18,22,29H,8-9,11-16,19H2,(H,32,35). The minimum Gasteiger partial charge on any atom is -0.354 e. The van der Waals surface area contributed by atoms with Gasteiger partial charge in [0.05, 0.1) is 5.56 Å². The van der Waals surface area contributed by atoms with Crippen LogP contribution < -0.4 is 15.5 Å². The summed E-state index contributed by atoms with van der Waals surface area (Å²) in [5, 5.41) is 6.40. The van der Waals surface area contributed by atoms with E-state index in [4.69, 9.17) is 0 Å². The lowest BCUT2D eigenvalue weighted by molar-refractivity contribution is 0.0905. The first-order valence-corrected chi connectivity index (χ1v) is 12.3. The van der Waals surface area contributed by atoms with E-state index in [1.165, 1.54) is 11.6 Å². The number of piperidine rings is 1. The molecule has 0 saturated carbocycles. The van der Waals surface area contributed by atoms with Crippen molar-refractivity contribution in [3.05, 3.63) is 78.0 Å². The lowest BCUT2D eigenvalue weighted by atomic mass is 10.0. The summed E-state index contributed by atoms with van der Waals surface area (Å²) in [6.45, 7) is 6.57. The van der Waals surface area contributed by atoms with Gasteiger partial charge in [-0.2, -0.15) is 0 Å². The van der Waals surface area contributed by atoms with Crippen LogP contribution in [0.15, 0.2) is 61.1 Å². The number of likely N-dealkylation sites (tertiary alicyclic amines) is 1. The van der Waals surface area contributed by atoms with E-state index in [2.05, 4.69) is 42.5 Å². The lowest BCUT2D eigenvalue weighted by Gasteiger charge is -2.32. The van der Waals surface area contributed by atoms with Crippen molar-refractivity contribution in [1.82, 2.24) is 25.5 Å². The highest BCUT2D eigenvalue weighted by Crippen LogP contribution is 2.25. The molecule has 1 aromatic carbocycles. The van der Waals surface area contributed by atoms with Gasteiger partial charge in [0, 0.05) is 81.6 Å². The van der Waals surface area contributed by atoms with Crippen LogP contribution in [0.1, 0.15) is 28.8 Å². The third-order valence-corrected chi connectivity index (χ3v) is 6.79. The van der Waals surface area contributed by atoms with Crippen LogP contribution in [0.4, 0.5) is 10.2 Å². The zero-order valence-electron chi connectivity index (χ0n) is 19.8. The molecular formula is C27H31FN6O. The Labute approximate surface area is 205 Å². The molecule has 1 amide bonds. The Kier molecular flexibility index (Phi) is 7.30. The van der Waals surface area contributed by atoms with Crippen LogP contribution in [0, 0.1) is 5.82 Å². The van der Waals surface area contributed by atoms with E-state index in [1.54, 1.807) is 36.7 Å². The number of hydrogen-bond acceptors (Lipinski definition) is 6. The first kappa shape index (κ1) is 23.4. The Morgan fingerprint density at radius 3 is 2.57 bits per heavy atom. The van der Waals surface area contributed by atoms with Gasteiger partial charge in [0.2, 0.25) is 0 Å². The number of rotatable bonds is 6. The highest BCUT2D eigenvalue weighted by atomic mass is 19.1. The molecule has 0 aliphatic carbocycles. The molecule has 2 N–H and O–H groups in total. The van der Waals surface area contributed by atoms with Crippen molar-refractivity contribution in [2.45, 2.75) is 25.4 Å². The highest BCUT2D eigenvalue weighted by molar-refractivity contribution is 5.96. The number of hydrogen-bond donors (Lipinski definition) is 2. The zero-order chi connectivity index (χ0) is 24.0. The molecule has 2 saturated heterocycles. The normalized spacial score (nSPS) is 17.3. The van der Waals surface area contributed by atoms with E-state index < -0.39 is 5.82 Å². The van der Waals surface area contributed by atoms with E-state index in [1.807, 2.05) is 6.20 Å².